The third kappa shape index (κ3) is 4.25. The van der Waals surface area contributed by atoms with Crippen molar-refractivity contribution >= 4 is 10.8 Å². The molecule has 3 unspecified atom stereocenters. The zero-order valence-corrected chi connectivity index (χ0v) is 12.2. The van der Waals surface area contributed by atoms with E-state index in [1.165, 1.54) is 16.7 Å². The zero-order valence-electron chi connectivity index (χ0n) is 11.4. The van der Waals surface area contributed by atoms with Gasteiger partial charge >= 0.3 is 0 Å². The minimum atomic E-state index is -0.754. The summed E-state index contributed by atoms with van der Waals surface area (Å²) in [6, 6.07) is 6.85. The van der Waals surface area contributed by atoms with E-state index in [1.54, 1.807) is 6.26 Å². The number of nitrogens with one attached hydrogen (secondary N) is 1. The molecule has 0 amide bonds. The average Bonchev–Trinajstić information content (AvgIpc) is 2.28. The maximum absolute atomic E-state index is 11.3. The van der Waals surface area contributed by atoms with Crippen LogP contribution in [0.4, 0.5) is 0 Å². The van der Waals surface area contributed by atoms with E-state index in [2.05, 4.69) is 44.3 Å². The van der Waals surface area contributed by atoms with Crippen LogP contribution in [0.5, 0.6) is 0 Å². The molecule has 3 atom stereocenters. The van der Waals surface area contributed by atoms with Crippen molar-refractivity contribution < 1.29 is 4.21 Å². The molecule has 1 N–H and O–H groups in total. The summed E-state index contributed by atoms with van der Waals surface area (Å²) in [5, 5.41) is 3.63. The van der Waals surface area contributed by atoms with Crippen LogP contribution in [0, 0.1) is 13.8 Å². The van der Waals surface area contributed by atoms with E-state index < -0.39 is 10.8 Å². The lowest BCUT2D eigenvalue weighted by Gasteiger charge is -2.17. The van der Waals surface area contributed by atoms with Gasteiger partial charge in [-0.15, -0.1) is 0 Å². The Hall–Kier alpha value is -0.670. The van der Waals surface area contributed by atoms with Crippen LogP contribution in [0.2, 0.25) is 0 Å². The highest BCUT2D eigenvalue weighted by atomic mass is 32.2. The predicted octanol–water partition coefficient (Wildman–Crippen LogP) is 2.72. The van der Waals surface area contributed by atoms with Crippen LogP contribution in [0.3, 0.4) is 0 Å². The Balaban J connectivity index is 2.60. The normalized spacial score (nSPS) is 16.5. The average molecular weight is 253 g/mol. The number of rotatable bonds is 5. The van der Waals surface area contributed by atoms with Crippen LogP contribution in [0.15, 0.2) is 18.2 Å². The first kappa shape index (κ1) is 14.4. The molecule has 96 valence electrons. The Morgan fingerprint density at radius 1 is 1.24 bits per heavy atom. The van der Waals surface area contributed by atoms with E-state index in [4.69, 9.17) is 0 Å². The monoisotopic (exact) mass is 253 g/mol. The Kier molecular flexibility index (Phi) is 5.34. The molecule has 0 heterocycles. The molecule has 0 aliphatic rings. The fourth-order valence-electron chi connectivity index (χ4n) is 1.61. The van der Waals surface area contributed by atoms with Crippen molar-refractivity contribution in [1.82, 2.24) is 5.32 Å². The quantitative estimate of drug-likeness (QED) is 0.874. The maximum Gasteiger partial charge on any atom is 0.0441 e. The molecule has 0 aliphatic carbocycles. The minimum absolute atomic E-state index is 0.198. The minimum Gasteiger partial charge on any atom is -0.309 e. The highest BCUT2D eigenvalue weighted by Crippen LogP contribution is 2.16. The van der Waals surface area contributed by atoms with Crippen LogP contribution >= 0.6 is 0 Å². The van der Waals surface area contributed by atoms with Gasteiger partial charge in [0.05, 0.1) is 0 Å². The Labute approximate surface area is 107 Å². The molecular weight excluding hydrogens is 230 g/mol. The summed E-state index contributed by atoms with van der Waals surface area (Å²) in [5.41, 5.74) is 3.94. The van der Waals surface area contributed by atoms with Gasteiger partial charge in [0.15, 0.2) is 0 Å². The van der Waals surface area contributed by atoms with E-state index in [-0.39, 0.29) is 5.25 Å². The summed E-state index contributed by atoms with van der Waals surface area (Å²) in [4.78, 5) is 0. The zero-order chi connectivity index (χ0) is 13.0. The van der Waals surface area contributed by atoms with Gasteiger partial charge in [-0.2, -0.15) is 0 Å². The molecule has 0 bridgehead atoms. The summed E-state index contributed by atoms with van der Waals surface area (Å²) in [6.07, 6.45) is 1.76. The molecule has 1 aromatic rings. The third-order valence-electron chi connectivity index (χ3n) is 3.31. The van der Waals surface area contributed by atoms with Crippen molar-refractivity contribution in [2.75, 3.05) is 12.8 Å². The lowest BCUT2D eigenvalue weighted by atomic mass is 10.0. The number of hydrogen-bond acceptors (Lipinski definition) is 2. The Morgan fingerprint density at radius 3 is 2.41 bits per heavy atom. The molecule has 3 heteroatoms. The second-order valence-corrected chi connectivity index (χ2v) is 6.58. The van der Waals surface area contributed by atoms with Crippen molar-refractivity contribution in [2.24, 2.45) is 0 Å². The first-order valence-electron chi connectivity index (χ1n) is 6.04. The highest BCUT2D eigenvalue weighted by molar-refractivity contribution is 7.84. The van der Waals surface area contributed by atoms with Gasteiger partial charge in [-0.3, -0.25) is 4.21 Å². The largest absolute Gasteiger partial charge is 0.309 e. The topological polar surface area (TPSA) is 29.1 Å². The summed E-state index contributed by atoms with van der Waals surface area (Å²) in [7, 11) is -0.754. The van der Waals surface area contributed by atoms with E-state index in [0.29, 0.717) is 6.04 Å². The van der Waals surface area contributed by atoms with E-state index >= 15 is 0 Å². The molecular formula is C14H23NOS. The number of benzene rings is 1. The summed E-state index contributed by atoms with van der Waals surface area (Å²) < 4.78 is 11.3. The smallest absolute Gasteiger partial charge is 0.0441 e. The molecule has 0 aliphatic heterocycles. The fraction of sp³-hybridized carbons (Fsp3) is 0.571. The molecule has 0 radical (unpaired) electrons. The van der Waals surface area contributed by atoms with Crippen molar-refractivity contribution in [3.05, 3.63) is 34.9 Å². The van der Waals surface area contributed by atoms with Crippen molar-refractivity contribution in [3.8, 4) is 0 Å². The molecule has 0 fully saturated rings. The van der Waals surface area contributed by atoms with Gasteiger partial charge in [0.25, 0.3) is 0 Å². The molecule has 1 rings (SSSR count). The van der Waals surface area contributed by atoms with Crippen molar-refractivity contribution in [3.63, 3.8) is 0 Å². The SMILES string of the molecule is Cc1ccc(C(C)NCC(C)S(C)=O)cc1C. The molecule has 0 spiro atoms. The van der Waals surface area contributed by atoms with Gasteiger partial charge in [-0.25, -0.2) is 0 Å². The summed E-state index contributed by atoms with van der Waals surface area (Å²) >= 11 is 0. The Morgan fingerprint density at radius 2 is 1.88 bits per heavy atom. The molecule has 0 saturated carbocycles. The lowest BCUT2D eigenvalue weighted by molar-refractivity contribution is 0.568. The van der Waals surface area contributed by atoms with Gasteiger partial charge in [-0.1, -0.05) is 18.2 Å². The molecule has 17 heavy (non-hydrogen) atoms. The van der Waals surface area contributed by atoms with E-state index in [1.807, 2.05) is 6.92 Å². The molecule has 0 saturated heterocycles. The summed E-state index contributed by atoms with van der Waals surface area (Å²) in [5.74, 6) is 0. The fourth-order valence-corrected chi connectivity index (χ4v) is 1.94. The molecule has 1 aromatic carbocycles. The second kappa shape index (κ2) is 6.31. The first-order valence-corrected chi connectivity index (χ1v) is 7.66. The lowest BCUT2D eigenvalue weighted by Crippen LogP contribution is -2.29. The third-order valence-corrected chi connectivity index (χ3v) is 4.61. The van der Waals surface area contributed by atoms with Gasteiger partial charge < -0.3 is 5.32 Å². The standard InChI is InChI=1S/C14H23NOS/c1-10-6-7-14(8-11(10)2)13(4)15-9-12(3)17(5)16/h6-8,12-13,15H,9H2,1-5H3. The van der Waals surface area contributed by atoms with Crippen LogP contribution in [0.1, 0.15) is 36.6 Å². The summed E-state index contributed by atoms with van der Waals surface area (Å²) in [6.45, 7) is 9.21. The van der Waals surface area contributed by atoms with E-state index in [9.17, 15) is 4.21 Å². The Bertz CT molecular complexity index is 403. The van der Waals surface area contributed by atoms with E-state index in [0.717, 1.165) is 6.54 Å². The van der Waals surface area contributed by atoms with Gasteiger partial charge in [0.1, 0.15) is 0 Å². The first-order chi connectivity index (χ1) is 7.91. The van der Waals surface area contributed by atoms with Gasteiger partial charge in [0.2, 0.25) is 0 Å². The second-order valence-electron chi connectivity index (χ2n) is 4.78. The number of aryl methyl sites for hydroxylation is 2. The van der Waals surface area contributed by atoms with Crippen LogP contribution in [-0.2, 0) is 10.8 Å². The maximum atomic E-state index is 11.3. The van der Waals surface area contributed by atoms with Gasteiger partial charge in [0, 0.05) is 34.9 Å². The van der Waals surface area contributed by atoms with Crippen molar-refractivity contribution in [1.29, 1.82) is 0 Å². The van der Waals surface area contributed by atoms with Crippen LogP contribution in [0.25, 0.3) is 0 Å². The van der Waals surface area contributed by atoms with Gasteiger partial charge in [-0.05, 0) is 44.4 Å². The van der Waals surface area contributed by atoms with Crippen LogP contribution in [-0.4, -0.2) is 22.3 Å². The molecule has 2 nitrogen and oxygen atoms in total. The van der Waals surface area contributed by atoms with Crippen LogP contribution < -0.4 is 5.32 Å². The molecule has 0 aromatic heterocycles. The number of hydrogen-bond donors (Lipinski definition) is 1. The van der Waals surface area contributed by atoms with Crippen molar-refractivity contribution in [2.45, 2.75) is 39.0 Å². The highest BCUT2D eigenvalue weighted by Gasteiger charge is 2.10. The predicted molar refractivity (Wildman–Crippen MR) is 75.9 cm³/mol.